The number of nitrogens with zero attached hydrogens (tertiary/aromatic N) is 3. The molecule has 1 aliphatic heterocycles. The van der Waals surface area contributed by atoms with Gasteiger partial charge in [-0.05, 0) is 38.1 Å². The number of piperazine rings is 1. The van der Waals surface area contributed by atoms with Crippen molar-refractivity contribution in [1.29, 1.82) is 0 Å². The molecule has 0 unspecified atom stereocenters. The van der Waals surface area contributed by atoms with Crippen LogP contribution in [0.5, 0.6) is 0 Å². The zero-order valence-corrected chi connectivity index (χ0v) is 14.7. The Bertz CT molecular complexity index is 698. The molecule has 5 heteroatoms. The van der Waals surface area contributed by atoms with Crippen LogP contribution in [0, 0.1) is 6.92 Å². The number of hydrogen-bond donors (Lipinski definition) is 0. The number of aryl methyl sites for hydroxylation is 2. The fourth-order valence-corrected chi connectivity index (χ4v) is 2.91. The fourth-order valence-electron chi connectivity index (χ4n) is 2.91. The lowest BCUT2D eigenvalue weighted by Crippen LogP contribution is -2.47. The van der Waals surface area contributed by atoms with Gasteiger partial charge >= 0.3 is 0 Å². The van der Waals surface area contributed by atoms with E-state index >= 15 is 0 Å². The van der Waals surface area contributed by atoms with E-state index in [-0.39, 0.29) is 5.91 Å². The summed E-state index contributed by atoms with van der Waals surface area (Å²) in [6.07, 6.45) is 1.32. The molecule has 0 N–H and O–H groups in total. The Kier molecular flexibility index (Phi) is 5.00. The highest BCUT2D eigenvalue weighted by molar-refractivity contribution is 5.78. The molecule has 0 radical (unpaired) electrons. The number of benzene rings is 1. The number of carbonyl (C=O) groups is 1. The van der Waals surface area contributed by atoms with Gasteiger partial charge < -0.3 is 14.2 Å². The third-order valence-corrected chi connectivity index (χ3v) is 4.68. The van der Waals surface area contributed by atoms with Crippen molar-refractivity contribution in [2.75, 3.05) is 33.2 Å². The molecular weight excluding hydrogens is 302 g/mol. The van der Waals surface area contributed by atoms with Crippen LogP contribution in [-0.2, 0) is 17.6 Å². The van der Waals surface area contributed by atoms with Crippen LogP contribution >= 0.6 is 0 Å². The molecule has 2 aromatic rings. The first-order valence-corrected chi connectivity index (χ1v) is 8.58. The number of carbonyl (C=O) groups excluding carboxylic acids is 1. The van der Waals surface area contributed by atoms with E-state index in [9.17, 15) is 4.79 Å². The lowest BCUT2D eigenvalue weighted by atomic mass is 10.1. The second-order valence-electron chi connectivity index (χ2n) is 6.43. The van der Waals surface area contributed by atoms with Gasteiger partial charge in [-0.15, -0.1) is 0 Å². The molecule has 1 aromatic heterocycles. The number of likely N-dealkylation sites (N-methyl/N-ethyl adjacent to an activating group) is 1. The Morgan fingerprint density at radius 2 is 1.83 bits per heavy atom. The molecule has 1 amide bonds. The van der Waals surface area contributed by atoms with Crippen LogP contribution in [0.25, 0.3) is 11.5 Å². The molecule has 5 nitrogen and oxygen atoms in total. The maximum absolute atomic E-state index is 12.5. The van der Waals surface area contributed by atoms with Crippen LogP contribution in [0.2, 0.25) is 0 Å². The molecule has 2 heterocycles. The van der Waals surface area contributed by atoms with Gasteiger partial charge in [0.15, 0.2) is 0 Å². The summed E-state index contributed by atoms with van der Waals surface area (Å²) < 4.78 is 5.79. The van der Waals surface area contributed by atoms with Gasteiger partial charge in [-0.3, -0.25) is 4.79 Å². The summed E-state index contributed by atoms with van der Waals surface area (Å²) in [7, 11) is 2.08. The van der Waals surface area contributed by atoms with Crippen LogP contribution in [-0.4, -0.2) is 53.9 Å². The van der Waals surface area contributed by atoms with Crippen molar-refractivity contribution in [2.45, 2.75) is 26.7 Å². The molecule has 0 bridgehead atoms. The van der Waals surface area contributed by atoms with Gasteiger partial charge in [-0.2, -0.15) is 0 Å². The van der Waals surface area contributed by atoms with E-state index in [0.717, 1.165) is 49.6 Å². The molecule has 0 atom stereocenters. The normalized spacial score (nSPS) is 15.7. The van der Waals surface area contributed by atoms with Gasteiger partial charge in [0.25, 0.3) is 0 Å². The molecule has 1 aromatic carbocycles. The van der Waals surface area contributed by atoms with E-state index in [1.165, 1.54) is 5.56 Å². The summed E-state index contributed by atoms with van der Waals surface area (Å²) in [6, 6.07) is 8.22. The molecule has 0 aliphatic carbocycles. The highest BCUT2D eigenvalue weighted by Crippen LogP contribution is 2.23. The van der Waals surface area contributed by atoms with Crippen molar-refractivity contribution in [1.82, 2.24) is 14.8 Å². The van der Waals surface area contributed by atoms with Crippen molar-refractivity contribution < 1.29 is 9.21 Å². The van der Waals surface area contributed by atoms with Crippen molar-refractivity contribution in [2.24, 2.45) is 0 Å². The zero-order valence-electron chi connectivity index (χ0n) is 14.7. The molecule has 24 heavy (non-hydrogen) atoms. The molecular formula is C19H25N3O2. The quantitative estimate of drug-likeness (QED) is 0.866. The first kappa shape index (κ1) is 16.7. The number of hydrogen-bond acceptors (Lipinski definition) is 4. The van der Waals surface area contributed by atoms with Gasteiger partial charge in [0.05, 0.1) is 12.1 Å². The smallest absolute Gasteiger partial charge is 0.228 e. The predicted octanol–water partition coefficient (Wildman–Crippen LogP) is 2.53. The summed E-state index contributed by atoms with van der Waals surface area (Å²) in [5.74, 6) is 1.45. The average Bonchev–Trinajstić information content (AvgIpc) is 2.96. The minimum absolute atomic E-state index is 0.132. The van der Waals surface area contributed by atoms with E-state index in [1.807, 2.05) is 24.0 Å². The summed E-state index contributed by atoms with van der Waals surface area (Å²) in [5, 5.41) is 0. The van der Waals surface area contributed by atoms with E-state index in [2.05, 4.69) is 36.0 Å². The number of rotatable bonds is 4. The molecule has 128 valence electrons. The van der Waals surface area contributed by atoms with Crippen molar-refractivity contribution in [3.8, 4) is 11.5 Å². The zero-order chi connectivity index (χ0) is 17.1. The van der Waals surface area contributed by atoms with E-state index < -0.39 is 0 Å². The second kappa shape index (κ2) is 7.18. The summed E-state index contributed by atoms with van der Waals surface area (Å²) in [4.78, 5) is 21.2. The topological polar surface area (TPSA) is 49.6 Å². The van der Waals surface area contributed by atoms with Gasteiger partial charge in [-0.25, -0.2) is 4.98 Å². The summed E-state index contributed by atoms with van der Waals surface area (Å²) >= 11 is 0. The largest absolute Gasteiger partial charge is 0.441 e. The van der Waals surface area contributed by atoms with Crippen LogP contribution in [0.15, 0.2) is 28.7 Å². The summed E-state index contributed by atoms with van der Waals surface area (Å²) in [6.45, 7) is 7.45. The van der Waals surface area contributed by atoms with Crippen LogP contribution in [0.4, 0.5) is 0 Å². The minimum Gasteiger partial charge on any atom is -0.441 e. The number of amides is 1. The van der Waals surface area contributed by atoms with Gasteiger partial charge in [-0.1, -0.05) is 19.1 Å². The Hall–Kier alpha value is -2.14. The lowest BCUT2D eigenvalue weighted by molar-refractivity contribution is -0.132. The third-order valence-electron chi connectivity index (χ3n) is 4.68. The van der Waals surface area contributed by atoms with Gasteiger partial charge in [0, 0.05) is 31.7 Å². The molecule has 1 fully saturated rings. The van der Waals surface area contributed by atoms with Crippen molar-refractivity contribution in [3.63, 3.8) is 0 Å². The molecule has 1 saturated heterocycles. The third kappa shape index (κ3) is 3.67. The maximum atomic E-state index is 12.5. The highest BCUT2D eigenvalue weighted by Gasteiger charge is 2.22. The predicted molar refractivity (Wildman–Crippen MR) is 93.8 cm³/mol. The standard InChI is InChI=1S/C19H25N3O2/c1-4-15-5-7-16(8-6-15)19-20-17(14(2)24-19)13-18(23)22-11-9-21(3)10-12-22/h5-8H,4,9-13H2,1-3H3. The lowest BCUT2D eigenvalue weighted by Gasteiger charge is -2.32. The number of oxazole rings is 1. The molecule has 0 spiro atoms. The summed E-state index contributed by atoms with van der Waals surface area (Å²) in [5.41, 5.74) is 2.98. The van der Waals surface area contributed by atoms with Crippen LogP contribution in [0.1, 0.15) is 23.9 Å². The Labute approximate surface area is 143 Å². The molecule has 3 rings (SSSR count). The van der Waals surface area contributed by atoms with Gasteiger partial charge in [0.2, 0.25) is 11.8 Å². The number of aromatic nitrogens is 1. The van der Waals surface area contributed by atoms with Crippen LogP contribution < -0.4 is 0 Å². The Balaban J connectivity index is 1.70. The Morgan fingerprint density at radius 3 is 2.46 bits per heavy atom. The second-order valence-corrected chi connectivity index (χ2v) is 6.43. The fraction of sp³-hybridized carbons (Fsp3) is 0.474. The van der Waals surface area contributed by atoms with E-state index in [4.69, 9.17) is 4.42 Å². The van der Waals surface area contributed by atoms with Crippen molar-refractivity contribution in [3.05, 3.63) is 41.3 Å². The van der Waals surface area contributed by atoms with Gasteiger partial charge in [0.1, 0.15) is 5.76 Å². The van der Waals surface area contributed by atoms with Crippen LogP contribution in [0.3, 0.4) is 0 Å². The first-order chi connectivity index (χ1) is 11.6. The highest BCUT2D eigenvalue weighted by atomic mass is 16.4. The monoisotopic (exact) mass is 327 g/mol. The molecule has 0 saturated carbocycles. The average molecular weight is 327 g/mol. The van der Waals surface area contributed by atoms with E-state index in [0.29, 0.717) is 12.3 Å². The SMILES string of the molecule is CCc1ccc(-c2nc(CC(=O)N3CCN(C)CC3)c(C)o2)cc1. The van der Waals surface area contributed by atoms with Crippen molar-refractivity contribution >= 4 is 5.91 Å². The van der Waals surface area contributed by atoms with E-state index in [1.54, 1.807) is 0 Å². The molecule has 1 aliphatic rings. The maximum Gasteiger partial charge on any atom is 0.228 e. The minimum atomic E-state index is 0.132. The first-order valence-electron chi connectivity index (χ1n) is 8.58. The Morgan fingerprint density at radius 1 is 1.17 bits per heavy atom.